The summed E-state index contributed by atoms with van der Waals surface area (Å²) in [5.74, 6) is 1.29. The number of halogens is 3. The molecule has 36 heavy (non-hydrogen) atoms. The van der Waals surface area contributed by atoms with E-state index in [4.69, 9.17) is 9.47 Å². The zero-order chi connectivity index (χ0) is 25.7. The van der Waals surface area contributed by atoms with Crippen LogP contribution < -0.4 is 19.3 Å². The molecule has 3 heterocycles. The number of nitrogens with zero attached hydrogens (tertiary/aromatic N) is 3. The predicted molar refractivity (Wildman–Crippen MR) is 133 cm³/mol. The highest BCUT2D eigenvalue weighted by Crippen LogP contribution is 2.45. The monoisotopic (exact) mass is 501 g/mol. The van der Waals surface area contributed by atoms with Crippen molar-refractivity contribution in [3.8, 4) is 11.5 Å². The van der Waals surface area contributed by atoms with Crippen LogP contribution in [0.5, 0.6) is 11.5 Å². The van der Waals surface area contributed by atoms with Crippen LogP contribution >= 0.6 is 0 Å². The van der Waals surface area contributed by atoms with Gasteiger partial charge in [0.15, 0.2) is 11.5 Å². The second-order valence-electron chi connectivity index (χ2n) is 10.0. The van der Waals surface area contributed by atoms with Crippen LogP contribution in [0.1, 0.15) is 31.9 Å². The van der Waals surface area contributed by atoms with Crippen LogP contribution in [0.15, 0.2) is 42.5 Å². The first-order valence-electron chi connectivity index (χ1n) is 12.1. The molecule has 0 atom stereocenters. The van der Waals surface area contributed by atoms with E-state index in [2.05, 4.69) is 11.0 Å². The molecule has 0 aromatic heterocycles. The molecule has 0 saturated carbocycles. The van der Waals surface area contributed by atoms with Crippen molar-refractivity contribution < 1.29 is 27.4 Å². The first-order chi connectivity index (χ1) is 17.0. The number of amides is 1. The molecule has 9 heteroatoms. The number of alkyl halides is 3. The highest BCUT2D eigenvalue weighted by Gasteiger charge is 2.38. The van der Waals surface area contributed by atoms with E-state index < -0.39 is 17.3 Å². The van der Waals surface area contributed by atoms with E-state index in [0.29, 0.717) is 56.6 Å². The van der Waals surface area contributed by atoms with Crippen LogP contribution in [0.3, 0.4) is 0 Å². The van der Waals surface area contributed by atoms with Gasteiger partial charge in [-0.1, -0.05) is 12.1 Å². The third kappa shape index (κ3) is 4.64. The van der Waals surface area contributed by atoms with Crippen molar-refractivity contribution in [3.05, 3.63) is 53.6 Å². The largest absolute Gasteiger partial charge is 0.486 e. The summed E-state index contributed by atoms with van der Waals surface area (Å²) in [5, 5.41) is 0. The van der Waals surface area contributed by atoms with E-state index in [1.54, 1.807) is 6.07 Å². The minimum atomic E-state index is -4.37. The topological polar surface area (TPSA) is 45.3 Å². The average Bonchev–Trinajstić information content (AvgIpc) is 2.82. The van der Waals surface area contributed by atoms with Crippen LogP contribution in [0, 0.1) is 0 Å². The number of allylic oxidation sites excluding steroid dienone is 1. The number of hydrogen-bond donors (Lipinski definition) is 0. The second kappa shape index (κ2) is 9.03. The fourth-order valence-corrected chi connectivity index (χ4v) is 5.32. The lowest BCUT2D eigenvalue weighted by Crippen LogP contribution is -2.55. The van der Waals surface area contributed by atoms with Gasteiger partial charge < -0.3 is 19.3 Å². The Morgan fingerprint density at radius 1 is 1.00 bits per heavy atom. The number of ether oxygens (including phenoxy) is 2. The lowest BCUT2D eigenvalue weighted by molar-refractivity contribution is -0.137. The van der Waals surface area contributed by atoms with Crippen LogP contribution in [0.2, 0.25) is 0 Å². The van der Waals surface area contributed by atoms with Crippen LogP contribution in [0.25, 0.3) is 5.57 Å². The van der Waals surface area contributed by atoms with Gasteiger partial charge in [0.1, 0.15) is 13.2 Å². The van der Waals surface area contributed by atoms with Gasteiger partial charge in [-0.15, -0.1) is 0 Å². The SMILES string of the molecule is CC1=CC(C)(C)N(C(=O)CN2CCN(c3cccc(C(F)(F)F)c3)CC2)c2cc3c(cc21)OCCO3. The Morgan fingerprint density at radius 2 is 1.67 bits per heavy atom. The highest BCUT2D eigenvalue weighted by molar-refractivity contribution is 6.02. The smallest absolute Gasteiger partial charge is 0.416 e. The molecular formula is C27H30F3N3O3. The summed E-state index contributed by atoms with van der Waals surface area (Å²) in [5.41, 5.74) is 2.19. The molecule has 2 aromatic carbocycles. The van der Waals surface area contributed by atoms with Gasteiger partial charge in [-0.05, 0) is 50.6 Å². The van der Waals surface area contributed by atoms with Gasteiger partial charge in [0.05, 0.1) is 23.3 Å². The van der Waals surface area contributed by atoms with Crippen LogP contribution in [0.4, 0.5) is 24.5 Å². The highest BCUT2D eigenvalue weighted by atomic mass is 19.4. The van der Waals surface area contributed by atoms with E-state index in [0.717, 1.165) is 22.9 Å². The molecule has 3 aliphatic rings. The van der Waals surface area contributed by atoms with Gasteiger partial charge in [-0.25, -0.2) is 0 Å². The Hall–Kier alpha value is -3.20. The van der Waals surface area contributed by atoms with E-state index in [9.17, 15) is 18.0 Å². The maximum absolute atomic E-state index is 13.7. The molecule has 192 valence electrons. The fraction of sp³-hybridized carbons (Fsp3) is 0.444. The number of rotatable bonds is 3. The van der Waals surface area contributed by atoms with Crippen molar-refractivity contribution in [2.75, 3.05) is 55.7 Å². The number of carbonyl (C=O) groups is 1. The lowest BCUT2D eigenvalue weighted by atomic mass is 9.88. The standard InChI is InChI=1S/C27H30F3N3O3/c1-18-16-26(2,3)33(22-15-24-23(14-21(18)22)35-11-12-36-24)25(34)17-31-7-9-32(10-8-31)20-6-4-5-19(13-20)27(28,29)30/h4-6,13-16H,7-12,17H2,1-3H3. The zero-order valence-electron chi connectivity index (χ0n) is 20.7. The Kier molecular flexibility index (Phi) is 6.14. The summed E-state index contributed by atoms with van der Waals surface area (Å²) in [7, 11) is 0. The minimum Gasteiger partial charge on any atom is -0.486 e. The number of benzene rings is 2. The van der Waals surface area contributed by atoms with Crippen LogP contribution in [-0.4, -0.2) is 62.3 Å². The molecule has 5 rings (SSSR count). The second-order valence-corrected chi connectivity index (χ2v) is 10.0. The summed E-state index contributed by atoms with van der Waals surface area (Å²) in [6, 6.07) is 9.25. The fourth-order valence-electron chi connectivity index (χ4n) is 5.32. The molecule has 0 radical (unpaired) electrons. The van der Waals surface area contributed by atoms with Crippen molar-refractivity contribution in [1.82, 2.24) is 4.90 Å². The quantitative estimate of drug-likeness (QED) is 0.603. The molecule has 6 nitrogen and oxygen atoms in total. The van der Waals surface area contributed by atoms with Gasteiger partial charge in [0.2, 0.25) is 5.91 Å². The number of piperazine rings is 1. The molecule has 1 fully saturated rings. The van der Waals surface area contributed by atoms with E-state index in [-0.39, 0.29) is 12.5 Å². The zero-order valence-corrected chi connectivity index (χ0v) is 20.7. The Balaban J connectivity index is 1.31. The maximum atomic E-state index is 13.7. The first kappa shape index (κ1) is 24.5. The van der Waals surface area contributed by atoms with Crippen molar-refractivity contribution in [2.24, 2.45) is 0 Å². The average molecular weight is 502 g/mol. The minimum absolute atomic E-state index is 0.0332. The van der Waals surface area contributed by atoms with E-state index >= 15 is 0 Å². The van der Waals surface area contributed by atoms with Crippen LogP contribution in [-0.2, 0) is 11.0 Å². The molecule has 0 aliphatic carbocycles. The molecule has 0 bridgehead atoms. The lowest BCUT2D eigenvalue weighted by Gasteiger charge is -2.43. The number of fused-ring (bicyclic) bond motifs is 2. The van der Waals surface area contributed by atoms with Crippen molar-refractivity contribution >= 4 is 22.9 Å². The summed E-state index contributed by atoms with van der Waals surface area (Å²) >= 11 is 0. The van der Waals surface area contributed by atoms with Crippen molar-refractivity contribution in [3.63, 3.8) is 0 Å². The van der Waals surface area contributed by atoms with Crippen molar-refractivity contribution in [2.45, 2.75) is 32.5 Å². The molecule has 1 amide bonds. The van der Waals surface area contributed by atoms with E-state index in [1.807, 2.05) is 42.7 Å². The molecule has 0 spiro atoms. The van der Waals surface area contributed by atoms with Gasteiger partial charge >= 0.3 is 6.18 Å². The van der Waals surface area contributed by atoms with Gasteiger partial charge in [0.25, 0.3) is 0 Å². The molecular weight excluding hydrogens is 471 g/mol. The molecule has 0 N–H and O–H groups in total. The Morgan fingerprint density at radius 3 is 2.33 bits per heavy atom. The van der Waals surface area contributed by atoms with Gasteiger partial charge in [-0.3, -0.25) is 9.69 Å². The summed E-state index contributed by atoms with van der Waals surface area (Å²) in [6.07, 6.45) is -2.28. The Labute approximate surface area is 208 Å². The molecule has 0 unspecified atom stereocenters. The Bertz CT molecular complexity index is 1200. The molecule has 1 saturated heterocycles. The summed E-state index contributed by atoms with van der Waals surface area (Å²) < 4.78 is 50.9. The first-order valence-corrected chi connectivity index (χ1v) is 12.1. The number of carbonyl (C=O) groups excluding carboxylic acids is 1. The third-order valence-corrected chi connectivity index (χ3v) is 6.99. The van der Waals surface area contributed by atoms with Gasteiger partial charge in [-0.2, -0.15) is 13.2 Å². The number of anilines is 2. The number of hydrogen-bond acceptors (Lipinski definition) is 5. The van der Waals surface area contributed by atoms with Crippen molar-refractivity contribution in [1.29, 1.82) is 0 Å². The summed E-state index contributed by atoms with van der Waals surface area (Å²) in [4.78, 5) is 19.5. The molecule has 2 aromatic rings. The normalized spacial score (nSPS) is 19.6. The third-order valence-electron chi connectivity index (χ3n) is 6.99. The maximum Gasteiger partial charge on any atom is 0.416 e. The van der Waals surface area contributed by atoms with Gasteiger partial charge in [0, 0.05) is 43.5 Å². The molecule has 3 aliphatic heterocycles. The predicted octanol–water partition coefficient (Wildman–Crippen LogP) is 4.83. The summed E-state index contributed by atoms with van der Waals surface area (Å²) in [6.45, 7) is 9.51. The van der Waals surface area contributed by atoms with E-state index in [1.165, 1.54) is 12.1 Å².